The molecule has 0 bridgehead atoms. The zero-order valence-electron chi connectivity index (χ0n) is 12.4. The second-order valence-electron chi connectivity index (χ2n) is 4.92. The van der Waals surface area contributed by atoms with Gasteiger partial charge >= 0.3 is 0 Å². The van der Waals surface area contributed by atoms with E-state index in [1.807, 2.05) is 42.5 Å². The predicted molar refractivity (Wildman–Crippen MR) is 93.3 cm³/mol. The van der Waals surface area contributed by atoms with Gasteiger partial charge in [-0.15, -0.1) is 10.2 Å². The fourth-order valence-electron chi connectivity index (χ4n) is 2.15. The zero-order chi connectivity index (χ0) is 16.1. The molecule has 0 saturated heterocycles. The number of aromatic nitrogens is 3. The minimum Gasteiger partial charge on any atom is -0.367 e. The van der Waals surface area contributed by atoms with E-state index in [1.165, 1.54) is 0 Å². The largest absolute Gasteiger partial charge is 0.367 e. The van der Waals surface area contributed by atoms with Gasteiger partial charge in [0.25, 0.3) is 0 Å². The number of anilines is 1. The molecule has 0 radical (unpaired) electrons. The first-order valence-corrected chi connectivity index (χ1v) is 7.66. The smallest absolute Gasteiger partial charge is 0.183 e. The van der Waals surface area contributed by atoms with Gasteiger partial charge in [0.15, 0.2) is 11.6 Å². The number of hydrogen-bond acceptors (Lipinski definition) is 5. The van der Waals surface area contributed by atoms with E-state index in [0.717, 1.165) is 11.1 Å². The molecule has 2 aromatic carbocycles. The van der Waals surface area contributed by atoms with E-state index in [4.69, 9.17) is 17.3 Å². The van der Waals surface area contributed by atoms with E-state index in [2.05, 4.69) is 20.5 Å². The molecule has 116 valence electrons. The Hall–Kier alpha value is -2.50. The van der Waals surface area contributed by atoms with Crippen LogP contribution in [0.1, 0.15) is 0 Å². The second-order valence-corrected chi connectivity index (χ2v) is 5.36. The Morgan fingerprint density at radius 1 is 0.913 bits per heavy atom. The molecule has 0 amide bonds. The van der Waals surface area contributed by atoms with Gasteiger partial charge in [0, 0.05) is 29.2 Å². The van der Waals surface area contributed by atoms with Crippen molar-refractivity contribution in [1.82, 2.24) is 15.2 Å². The van der Waals surface area contributed by atoms with Crippen LogP contribution < -0.4 is 11.1 Å². The Morgan fingerprint density at radius 2 is 1.65 bits per heavy atom. The van der Waals surface area contributed by atoms with Crippen LogP contribution >= 0.6 is 11.6 Å². The van der Waals surface area contributed by atoms with Crippen LogP contribution in [0.25, 0.3) is 22.6 Å². The molecule has 0 fully saturated rings. The lowest BCUT2D eigenvalue weighted by molar-refractivity contribution is 0.959. The maximum Gasteiger partial charge on any atom is 0.183 e. The highest BCUT2D eigenvalue weighted by molar-refractivity contribution is 6.30. The van der Waals surface area contributed by atoms with Crippen molar-refractivity contribution in [3.63, 3.8) is 0 Å². The van der Waals surface area contributed by atoms with Gasteiger partial charge < -0.3 is 11.1 Å². The van der Waals surface area contributed by atoms with Crippen LogP contribution in [0.15, 0.2) is 54.6 Å². The molecule has 3 aromatic rings. The van der Waals surface area contributed by atoms with Crippen LogP contribution in [-0.2, 0) is 0 Å². The minimum absolute atomic E-state index is 0.508. The third-order valence-electron chi connectivity index (χ3n) is 3.27. The molecule has 5 nitrogen and oxygen atoms in total. The fraction of sp³-hybridized carbons (Fsp3) is 0.118. The van der Waals surface area contributed by atoms with Gasteiger partial charge in [0.1, 0.15) is 5.69 Å². The molecule has 6 heteroatoms. The summed E-state index contributed by atoms with van der Waals surface area (Å²) in [5.41, 5.74) is 8.11. The molecule has 3 N–H and O–H groups in total. The topological polar surface area (TPSA) is 76.7 Å². The van der Waals surface area contributed by atoms with Crippen LogP contribution in [0.5, 0.6) is 0 Å². The molecule has 23 heavy (non-hydrogen) atoms. The fourth-order valence-corrected chi connectivity index (χ4v) is 2.28. The van der Waals surface area contributed by atoms with Gasteiger partial charge in [-0.2, -0.15) is 0 Å². The lowest BCUT2D eigenvalue weighted by Crippen LogP contribution is -2.15. The van der Waals surface area contributed by atoms with Gasteiger partial charge in [-0.25, -0.2) is 4.98 Å². The highest BCUT2D eigenvalue weighted by Gasteiger charge is 2.12. The zero-order valence-corrected chi connectivity index (χ0v) is 13.2. The molecule has 0 aliphatic carbocycles. The lowest BCUT2D eigenvalue weighted by atomic mass is 10.1. The van der Waals surface area contributed by atoms with Crippen molar-refractivity contribution in [3.05, 3.63) is 59.6 Å². The molecule has 0 aliphatic rings. The molecule has 1 aromatic heterocycles. The Balaban J connectivity index is 2.03. The monoisotopic (exact) mass is 325 g/mol. The third kappa shape index (κ3) is 3.64. The first-order chi connectivity index (χ1) is 11.3. The van der Waals surface area contributed by atoms with Gasteiger partial charge in [-0.1, -0.05) is 41.9 Å². The summed E-state index contributed by atoms with van der Waals surface area (Å²) < 4.78 is 0. The maximum atomic E-state index is 5.92. The van der Waals surface area contributed by atoms with Crippen molar-refractivity contribution in [3.8, 4) is 22.6 Å². The second kappa shape index (κ2) is 7.17. The molecule has 3 rings (SSSR count). The van der Waals surface area contributed by atoms with E-state index in [1.54, 1.807) is 12.1 Å². The number of halogens is 1. The molecule has 0 saturated carbocycles. The molecule has 0 spiro atoms. The summed E-state index contributed by atoms with van der Waals surface area (Å²) in [6.07, 6.45) is 0. The van der Waals surface area contributed by atoms with Gasteiger partial charge in [0.05, 0.1) is 0 Å². The third-order valence-corrected chi connectivity index (χ3v) is 3.53. The number of nitrogens with zero attached hydrogens (tertiary/aromatic N) is 3. The quantitative estimate of drug-likeness (QED) is 0.753. The summed E-state index contributed by atoms with van der Waals surface area (Å²) in [6, 6.07) is 17.2. The number of nitrogens with one attached hydrogen (secondary N) is 1. The number of nitrogens with two attached hydrogens (primary N) is 1. The summed E-state index contributed by atoms with van der Waals surface area (Å²) in [6.45, 7) is 1.12. The number of hydrogen-bond donors (Lipinski definition) is 2. The molecule has 0 unspecified atom stereocenters. The normalized spacial score (nSPS) is 10.5. The van der Waals surface area contributed by atoms with Crippen LogP contribution in [0.4, 0.5) is 5.82 Å². The Morgan fingerprint density at radius 3 is 2.35 bits per heavy atom. The van der Waals surface area contributed by atoms with Crippen LogP contribution in [-0.4, -0.2) is 28.3 Å². The van der Waals surface area contributed by atoms with Crippen LogP contribution in [0.2, 0.25) is 5.02 Å². The number of rotatable bonds is 5. The number of benzene rings is 2. The summed E-state index contributed by atoms with van der Waals surface area (Å²) in [5, 5.41) is 12.5. The molecular weight excluding hydrogens is 310 g/mol. The van der Waals surface area contributed by atoms with Crippen molar-refractivity contribution in [1.29, 1.82) is 0 Å². The van der Waals surface area contributed by atoms with Gasteiger partial charge in [-0.3, -0.25) is 0 Å². The van der Waals surface area contributed by atoms with E-state index in [0.29, 0.717) is 35.4 Å². The molecule has 0 aliphatic heterocycles. The molecule has 0 atom stereocenters. The van der Waals surface area contributed by atoms with E-state index >= 15 is 0 Å². The van der Waals surface area contributed by atoms with Gasteiger partial charge in [-0.05, 0) is 24.3 Å². The summed E-state index contributed by atoms with van der Waals surface area (Å²) >= 11 is 5.92. The average Bonchev–Trinajstić information content (AvgIpc) is 2.61. The maximum absolute atomic E-state index is 5.92. The standard InChI is InChI=1S/C17H16ClN5/c18-14-8-6-13(7-9-14)16-21-17(20-11-10-19)15(22-23-16)12-4-2-1-3-5-12/h1-9H,10-11,19H2,(H,20,21,23). The van der Waals surface area contributed by atoms with Crippen molar-refractivity contribution >= 4 is 17.4 Å². The average molecular weight is 326 g/mol. The highest BCUT2D eigenvalue weighted by atomic mass is 35.5. The van der Waals surface area contributed by atoms with Gasteiger partial charge in [0.2, 0.25) is 0 Å². The van der Waals surface area contributed by atoms with Crippen molar-refractivity contribution in [2.75, 3.05) is 18.4 Å². The Bertz CT molecular complexity index is 775. The van der Waals surface area contributed by atoms with E-state index in [-0.39, 0.29) is 0 Å². The predicted octanol–water partition coefficient (Wildman–Crippen LogP) is 3.23. The lowest BCUT2D eigenvalue weighted by Gasteiger charge is -2.10. The van der Waals surface area contributed by atoms with Crippen molar-refractivity contribution < 1.29 is 0 Å². The summed E-state index contributed by atoms with van der Waals surface area (Å²) in [5.74, 6) is 1.21. The Labute approximate surface area is 139 Å². The first-order valence-electron chi connectivity index (χ1n) is 7.28. The van der Waals surface area contributed by atoms with Crippen LogP contribution in [0.3, 0.4) is 0 Å². The minimum atomic E-state index is 0.508. The van der Waals surface area contributed by atoms with Crippen molar-refractivity contribution in [2.45, 2.75) is 0 Å². The highest BCUT2D eigenvalue weighted by Crippen LogP contribution is 2.26. The van der Waals surface area contributed by atoms with Crippen molar-refractivity contribution in [2.24, 2.45) is 5.73 Å². The molecule has 1 heterocycles. The Kier molecular flexibility index (Phi) is 4.80. The van der Waals surface area contributed by atoms with Crippen LogP contribution in [0, 0.1) is 0 Å². The summed E-state index contributed by atoms with van der Waals surface area (Å²) in [4.78, 5) is 4.60. The summed E-state index contributed by atoms with van der Waals surface area (Å²) in [7, 11) is 0. The molecular formula is C17H16ClN5. The van der Waals surface area contributed by atoms with E-state index in [9.17, 15) is 0 Å². The first kappa shape index (κ1) is 15.4. The van der Waals surface area contributed by atoms with E-state index < -0.39 is 0 Å². The SMILES string of the molecule is NCCNc1nc(-c2ccc(Cl)cc2)nnc1-c1ccccc1.